The largest absolute Gasteiger partial charge is 0.489 e. The Morgan fingerprint density at radius 2 is 1.87 bits per heavy atom. The molecule has 0 unspecified atom stereocenters. The molecule has 0 spiro atoms. The lowest BCUT2D eigenvalue weighted by molar-refractivity contribution is -0.159. The van der Waals surface area contributed by atoms with Crippen LogP contribution in [-0.4, -0.2) is 41.1 Å². The number of carbonyl (C=O) groups excluding carboxylic acids is 2. The average molecular weight is 415 g/mol. The van der Waals surface area contributed by atoms with E-state index in [1.54, 1.807) is 11.8 Å². The van der Waals surface area contributed by atoms with Crippen LogP contribution in [0.5, 0.6) is 5.75 Å². The molecule has 0 N–H and O–H groups in total. The van der Waals surface area contributed by atoms with E-state index in [0.29, 0.717) is 18.3 Å². The summed E-state index contributed by atoms with van der Waals surface area (Å²) in [5.74, 6) is 1.55. The monoisotopic (exact) mass is 414 g/mol. The summed E-state index contributed by atoms with van der Waals surface area (Å²) in [6.45, 7) is 9.40. The van der Waals surface area contributed by atoms with Gasteiger partial charge >= 0.3 is 5.97 Å². The first-order valence-corrected chi connectivity index (χ1v) is 10.4. The first-order valence-electron chi connectivity index (χ1n) is 10.4. The predicted molar refractivity (Wildman–Crippen MR) is 111 cm³/mol. The summed E-state index contributed by atoms with van der Waals surface area (Å²) in [7, 11) is 0. The lowest BCUT2D eigenvalue weighted by Gasteiger charge is -2.31. The summed E-state index contributed by atoms with van der Waals surface area (Å²) < 4.78 is 16.3. The van der Waals surface area contributed by atoms with Crippen LogP contribution in [0.15, 0.2) is 28.8 Å². The van der Waals surface area contributed by atoms with Gasteiger partial charge < -0.3 is 18.9 Å². The summed E-state index contributed by atoms with van der Waals surface area (Å²) in [6, 6.07) is 7.26. The van der Waals surface area contributed by atoms with Crippen molar-refractivity contribution in [2.24, 2.45) is 5.92 Å². The fourth-order valence-electron chi connectivity index (χ4n) is 3.51. The zero-order valence-electron chi connectivity index (χ0n) is 18.1. The number of ether oxygens (including phenoxy) is 2. The van der Waals surface area contributed by atoms with Gasteiger partial charge in [0.25, 0.3) is 5.91 Å². The Hall–Kier alpha value is -2.83. The molecule has 0 saturated carbocycles. The van der Waals surface area contributed by atoms with Gasteiger partial charge in [0.15, 0.2) is 6.10 Å². The summed E-state index contributed by atoms with van der Waals surface area (Å²) in [5.41, 5.74) is 2.55. The molecule has 2 aromatic rings. The molecule has 0 radical (unpaired) electrons. The van der Waals surface area contributed by atoms with Gasteiger partial charge in [0.05, 0.1) is 17.7 Å². The van der Waals surface area contributed by atoms with Crippen LogP contribution >= 0.6 is 0 Å². The number of hydrogen-bond donors (Lipinski definition) is 0. The Balaban J connectivity index is 1.46. The number of aryl methyl sites for hydroxylation is 2. The van der Waals surface area contributed by atoms with Gasteiger partial charge in [-0.25, -0.2) is 0 Å². The Morgan fingerprint density at radius 1 is 1.20 bits per heavy atom. The molecule has 1 amide bonds. The van der Waals surface area contributed by atoms with Crippen molar-refractivity contribution in [3.8, 4) is 5.75 Å². The second kappa shape index (κ2) is 9.78. The van der Waals surface area contributed by atoms with E-state index in [0.717, 1.165) is 48.5 Å². The Morgan fingerprint density at radius 3 is 2.47 bits per heavy atom. The first-order chi connectivity index (χ1) is 14.3. The molecule has 1 aromatic heterocycles. The molecule has 30 heavy (non-hydrogen) atoms. The van der Waals surface area contributed by atoms with Crippen LogP contribution in [-0.2, 0) is 27.4 Å². The predicted octanol–water partition coefficient (Wildman–Crippen LogP) is 3.60. The molecule has 7 heteroatoms. The molecule has 2 heterocycles. The van der Waals surface area contributed by atoms with Crippen LogP contribution in [0.1, 0.15) is 49.3 Å². The third kappa shape index (κ3) is 5.62. The smallest absolute Gasteiger partial charge is 0.311 e. The third-order valence-electron chi connectivity index (χ3n) is 5.59. The highest BCUT2D eigenvalue weighted by atomic mass is 16.5. The van der Waals surface area contributed by atoms with Gasteiger partial charge in [-0.1, -0.05) is 24.2 Å². The number of likely N-dealkylation sites (tertiary alicyclic amines) is 1. The second-order valence-electron chi connectivity index (χ2n) is 8.05. The topological polar surface area (TPSA) is 81.9 Å². The van der Waals surface area contributed by atoms with E-state index in [2.05, 4.69) is 12.1 Å². The van der Waals surface area contributed by atoms with Crippen molar-refractivity contribution >= 4 is 11.9 Å². The summed E-state index contributed by atoms with van der Waals surface area (Å²) in [5, 5.41) is 3.91. The Bertz CT molecular complexity index is 847. The number of esters is 1. The first kappa shape index (κ1) is 21.9. The zero-order valence-corrected chi connectivity index (χ0v) is 18.1. The molecule has 1 aliphatic heterocycles. The molecule has 162 valence electrons. The van der Waals surface area contributed by atoms with Crippen molar-refractivity contribution < 1.29 is 23.6 Å². The minimum atomic E-state index is -0.761. The molecule has 1 aliphatic rings. The van der Waals surface area contributed by atoms with Gasteiger partial charge in [-0.05, 0) is 57.2 Å². The van der Waals surface area contributed by atoms with Crippen LogP contribution in [0.2, 0.25) is 0 Å². The van der Waals surface area contributed by atoms with Gasteiger partial charge in [-0.3, -0.25) is 9.59 Å². The molecule has 0 bridgehead atoms. The molecule has 1 saturated heterocycles. The molecule has 0 aliphatic carbocycles. The quantitative estimate of drug-likeness (QED) is 0.644. The fourth-order valence-corrected chi connectivity index (χ4v) is 3.51. The number of aromatic nitrogens is 1. The summed E-state index contributed by atoms with van der Waals surface area (Å²) in [4.78, 5) is 26.5. The van der Waals surface area contributed by atoms with E-state index in [1.807, 2.05) is 38.1 Å². The Labute approximate surface area is 177 Å². The van der Waals surface area contributed by atoms with Gasteiger partial charge in [-0.2, -0.15) is 0 Å². The van der Waals surface area contributed by atoms with Gasteiger partial charge in [-0.15, -0.1) is 0 Å². The normalized spacial score (nSPS) is 15.7. The molecule has 1 fully saturated rings. The van der Waals surface area contributed by atoms with Crippen molar-refractivity contribution in [1.82, 2.24) is 10.1 Å². The number of nitrogens with zero attached hydrogens (tertiary/aromatic N) is 2. The van der Waals surface area contributed by atoms with Crippen LogP contribution in [0, 0.1) is 19.8 Å². The lowest BCUT2D eigenvalue weighted by atomic mass is 9.99. The number of benzene rings is 1. The minimum Gasteiger partial charge on any atom is -0.489 e. The SMILES string of the molecule is Cc1noc(C)c1COc1ccc(CC(=O)O[C@@H](C)C(=O)N2CCC(C)CC2)cc1. The standard InChI is InChI=1S/C23H30N2O5/c1-15-9-11-25(12-10-15)23(27)18(4)29-22(26)13-19-5-7-20(8-6-19)28-14-21-16(2)24-30-17(21)3/h5-8,15,18H,9-14H2,1-4H3/t18-/m0/s1. The Kier molecular flexibility index (Phi) is 7.13. The van der Waals surface area contributed by atoms with Gasteiger partial charge in [0.2, 0.25) is 0 Å². The second-order valence-corrected chi connectivity index (χ2v) is 8.05. The van der Waals surface area contributed by atoms with Crippen molar-refractivity contribution in [3.63, 3.8) is 0 Å². The molecular formula is C23H30N2O5. The highest BCUT2D eigenvalue weighted by molar-refractivity contribution is 5.84. The van der Waals surface area contributed by atoms with E-state index in [9.17, 15) is 9.59 Å². The number of hydrogen-bond acceptors (Lipinski definition) is 6. The summed E-state index contributed by atoms with van der Waals surface area (Å²) >= 11 is 0. The summed E-state index contributed by atoms with van der Waals surface area (Å²) in [6.07, 6.45) is 1.34. The van der Waals surface area contributed by atoms with Crippen LogP contribution in [0.25, 0.3) is 0 Å². The van der Waals surface area contributed by atoms with Crippen molar-refractivity contribution in [1.29, 1.82) is 0 Å². The molecule has 7 nitrogen and oxygen atoms in total. The fraction of sp³-hybridized carbons (Fsp3) is 0.522. The van der Waals surface area contributed by atoms with E-state index in [4.69, 9.17) is 14.0 Å². The molecule has 1 aromatic carbocycles. The number of carbonyl (C=O) groups is 2. The minimum absolute atomic E-state index is 0.110. The van der Waals surface area contributed by atoms with Gasteiger partial charge in [0, 0.05) is 13.1 Å². The van der Waals surface area contributed by atoms with Crippen LogP contribution in [0.3, 0.4) is 0 Å². The van der Waals surface area contributed by atoms with E-state index < -0.39 is 12.1 Å². The number of piperidine rings is 1. The molecule has 3 rings (SSSR count). The van der Waals surface area contributed by atoms with Crippen LogP contribution < -0.4 is 4.74 Å². The highest BCUT2D eigenvalue weighted by Crippen LogP contribution is 2.19. The number of amides is 1. The zero-order chi connectivity index (χ0) is 21.7. The molecular weight excluding hydrogens is 384 g/mol. The van der Waals surface area contributed by atoms with Crippen LogP contribution in [0.4, 0.5) is 0 Å². The maximum atomic E-state index is 12.5. The van der Waals surface area contributed by atoms with Crippen molar-refractivity contribution in [3.05, 3.63) is 46.8 Å². The molecule has 1 atom stereocenters. The van der Waals surface area contributed by atoms with Crippen molar-refractivity contribution in [2.45, 2.75) is 59.7 Å². The lowest BCUT2D eigenvalue weighted by Crippen LogP contribution is -2.44. The van der Waals surface area contributed by atoms with Gasteiger partial charge in [0.1, 0.15) is 18.1 Å². The van der Waals surface area contributed by atoms with E-state index in [1.165, 1.54) is 0 Å². The highest BCUT2D eigenvalue weighted by Gasteiger charge is 2.26. The maximum Gasteiger partial charge on any atom is 0.311 e. The van der Waals surface area contributed by atoms with Crippen molar-refractivity contribution in [2.75, 3.05) is 13.1 Å². The average Bonchev–Trinajstić information content (AvgIpc) is 3.05. The third-order valence-corrected chi connectivity index (χ3v) is 5.59. The van der Waals surface area contributed by atoms with E-state index in [-0.39, 0.29) is 12.3 Å². The number of rotatable bonds is 7. The van der Waals surface area contributed by atoms with E-state index >= 15 is 0 Å². The maximum absolute atomic E-state index is 12.5.